The van der Waals surface area contributed by atoms with Crippen LogP contribution in [0.4, 0.5) is 0 Å². The van der Waals surface area contributed by atoms with Crippen LogP contribution in [0.5, 0.6) is 11.5 Å². The monoisotopic (exact) mass is 342 g/mol. The lowest BCUT2D eigenvalue weighted by Crippen LogP contribution is -2.43. The van der Waals surface area contributed by atoms with Crippen LogP contribution in [0.3, 0.4) is 0 Å². The number of benzene rings is 1. The largest absolute Gasteiger partial charge is 0.497 e. The molecule has 1 aliphatic rings. The van der Waals surface area contributed by atoms with Crippen LogP contribution in [-0.2, 0) is 10.2 Å². The molecule has 1 atom stereocenters. The third-order valence-corrected chi connectivity index (χ3v) is 6.53. The molecular weight excluding hydrogens is 316 g/mol. The molecule has 0 radical (unpaired) electrons. The van der Waals surface area contributed by atoms with E-state index >= 15 is 0 Å². The quantitative estimate of drug-likeness (QED) is 0.764. The minimum atomic E-state index is -3.47. The summed E-state index contributed by atoms with van der Waals surface area (Å²) >= 11 is 0. The topological polar surface area (TPSA) is 59.1 Å². The second kappa shape index (κ2) is 7.51. The summed E-state index contributed by atoms with van der Waals surface area (Å²) in [5, 5.41) is 0. The Morgan fingerprint density at radius 3 is 2.48 bits per heavy atom. The highest BCUT2D eigenvalue weighted by molar-refractivity contribution is 7.86. The first-order valence-corrected chi connectivity index (χ1v) is 9.38. The van der Waals surface area contributed by atoms with Crippen LogP contribution in [0.1, 0.15) is 38.3 Å². The summed E-state index contributed by atoms with van der Waals surface area (Å²) in [6.45, 7) is 5.19. The average Bonchev–Trinajstić information content (AvgIpc) is 3.05. The standard InChI is InChI=1S/C16H26N2O4S/c1-5-17(6-2)23(19,20)18-11-7-8-15(18)14-12-13(21-3)9-10-16(14)22-4/h9-10,12,15H,5-8,11H2,1-4H3/t15-/m0/s1. The molecule has 2 rings (SSSR count). The molecule has 1 aliphatic heterocycles. The van der Waals surface area contributed by atoms with Crippen LogP contribution in [0, 0.1) is 0 Å². The molecule has 23 heavy (non-hydrogen) atoms. The zero-order chi connectivity index (χ0) is 17.0. The summed E-state index contributed by atoms with van der Waals surface area (Å²) in [6.07, 6.45) is 1.62. The van der Waals surface area contributed by atoms with Crippen LogP contribution >= 0.6 is 0 Å². The molecule has 130 valence electrons. The summed E-state index contributed by atoms with van der Waals surface area (Å²) in [5.74, 6) is 1.39. The van der Waals surface area contributed by atoms with Gasteiger partial charge in [-0.1, -0.05) is 13.8 Å². The normalized spacial score (nSPS) is 19.3. The predicted molar refractivity (Wildman–Crippen MR) is 90.1 cm³/mol. The number of hydrogen-bond acceptors (Lipinski definition) is 4. The SMILES string of the molecule is CCN(CC)S(=O)(=O)N1CCC[C@H]1c1cc(OC)ccc1OC. The Kier molecular flexibility index (Phi) is 5.89. The van der Waals surface area contributed by atoms with Crippen molar-refractivity contribution in [2.45, 2.75) is 32.7 Å². The van der Waals surface area contributed by atoms with E-state index in [4.69, 9.17) is 9.47 Å². The van der Waals surface area contributed by atoms with Crippen molar-refractivity contribution in [1.29, 1.82) is 0 Å². The Morgan fingerprint density at radius 1 is 1.22 bits per heavy atom. The van der Waals surface area contributed by atoms with Gasteiger partial charge in [0.1, 0.15) is 11.5 Å². The van der Waals surface area contributed by atoms with Gasteiger partial charge in [-0.3, -0.25) is 0 Å². The van der Waals surface area contributed by atoms with E-state index < -0.39 is 10.2 Å². The van der Waals surface area contributed by atoms with Crippen LogP contribution < -0.4 is 9.47 Å². The Hall–Kier alpha value is -1.31. The van der Waals surface area contributed by atoms with Gasteiger partial charge in [-0.05, 0) is 31.0 Å². The van der Waals surface area contributed by atoms with E-state index in [0.717, 1.165) is 18.4 Å². The van der Waals surface area contributed by atoms with Crippen molar-refractivity contribution in [2.75, 3.05) is 33.9 Å². The number of hydrogen-bond donors (Lipinski definition) is 0. The first kappa shape index (κ1) is 18.0. The van der Waals surface area contributed by atoms with Gasteiger partial charge >= 0.3 is 0 Å². The third kappa shape index (κ3) is 3.46. The number of ether oxygens (including phenoxy) is 2. The fraction of sp³-hybridized carbons (Fsp3) is 0.625. The van der Waals surface area contributed by atoms with Gasteiger partial charge in [0, 0.05) is 25.2 Å². The van der Waals surface area contributed by atoms with E-state index in [0.29, 0.717) is 31.1 Å². The molecule has 0 spiro atoms. The smallest absolute Gasteiger partial charge is 0.282 e. The maximum absolute atomic E-state index is 12.9. The molecule has 0 bridgehead atoms. The van der Waals surface area contributed by atoms with E-state index in [1.807, 2.05) is 32.0 Å². The van der Waals surface area contributed by atoms with Crippen molar-refractivity contribution in [3.8, 4) is 11.5 Å². The Labute approximate surface area is 139 Å². The third-order valence-electron chi connectivity index (χ3n) is 4.33. The number of methoxy groups -OCH3 is 2. The van der Waals surface area contributed by atoms with Gasteiger partial charge in [0.05, 0.1) is 20.3 Å². The maximum atomic E-state index is 12.9. The van der Waals surface area contributed by atoms with Crippen molar-refractivity contribution in [3.05, 3.63) is 23.8 Å². The molecule has 1 aromatic rings. The van der Waals surface area contributed by atoms with Crippen molar-refractivity contribution in [3.63, 3.8) is 0 Å². The zero-order valence-corrected chi connectivity index (χ0v) is 15.1. The van der Waals surface area contributed by atoms with E-state index in [9.17, 15) is 8.42 Å². The Morgan fingerprint density at radius 2 is 1.91 bits per heavy atom. The highest BCUT2D eigenvalue weighted by atomic mass is 32.2. The van der Waals surface area contributed by atoms with Crippen LogP contribution in [0.25, 0.3) is 0 Å². The summed E-state index contributed by atoms with van der Waals surface area (Å²) in [6, 6.07) is 5.31. The lowest BCUT2D eigenvalue weighted by atomic mass is 10.0. The minimum Gasteiger partial charge on any atom is -0.497 e. The second-order valence-electron chi connectivity index (χ2n) is 5.47. The van der Waals surface area contributed by atoms with E-state index in [2.05, 4.69) is 0 Å². The average molecular weight is 342 g/mol. The van der Waals surface area contributed by atoms with Crippen LogP contribution in [0.2, 0.25) is 0 Å². The van der Waals surface area contributed by atoms with Gasteiger partial charge in [-0.2, -0.15) is 17.0 Å². The molecule has 0 saturated carbocycles. The fourth-order valence-electron chi connectivity index (χ4n) is 3.13. The number of rotatable bonds is 7. The summed E-state index contributed by atoms with van der Waals surface area (Å²) in [7, 11) is -0.270. The molecule has 0 unspecified atom stereocenters. The molecule has 1 heterocycles. The highest BCUT2D eigenvalue weighted by Crippen LogP contribution is 2.40. The maximum Gasteiger partial charge on any atom is 0.282 e. The second-order valence-corrected chi connectivity index (χ2v) is 7.35. The van der Waals surface area contributed by atoms with E-state index in [1.165, 1.54) is 4.31 Å². The van der Waals surface area contributed by atoms with E-state index in [1.54, 1.807) is 18.5 Å². The molecule has 0 aromatic heterocycles. The molecule has 1 fully saturated rings. The molecular formula is C16H26N2O4S. The fourth-order valence-corrected chi connectivity index (χ4v) is 4.97. The predicted octanol–water partition coefficient (Wildman–Crippen LogP) is 2.43. The Bertz CT molecular complexity index is 629. The van der Waals surface area contributed by atoms with Crippen LogP contribution in [-0.4, -0.2) is 50.9 Å². The molecule has 6 nitrogen and oxygen atoms in total. The van der Waals surface area contributed by atoms with Gasteiger partial charge in [-0.25, -0.2) is 0 Å². The van der Waals surface area contributed by atoms with Gasteiger partial charge in [0.25, 0.3) is 10.2 Å². The van der Waals surface area contributed by atoms with Gasteiger partial charge in [0.2, 0.25) is 0 Å². The van der Waals surface area contributed by atoms with Crippen LogP contribution in [0.15, 0.2) is 18.2 Å². The first-order valence-electron chi connectivity index (χ1n) is 7.98. The molecule has 0 aliphatic carbocycles. The highest BCUT2D eigenvalue weighted by Gasteiger charge is 2.39. The Balaban J connectivity index is 2.43. The van der Waals surface area contributed by atoms with Crippen molar-refractivity contribution in [1.82, 2.24) is 8.61 Å². The van der Waals surface area contributed by atoms with Crippen molar-refractivity contribution >= 4 is 10.2 Å². The molecule has 7 heteroatoms. The number of nitrogens with zero attached hydrogens (tertiary/aromatic N) is 2. The van der Waals surface area contributed by atoms with Crippen molar-refractivity contribution < 1.29 is 17.9 Å². The lowest BCUT2D eigenvalue weighted by molar-refractivity contribution is 0.327. The summed E-state index contributed by atoms with van der Waals surface area (Å²) < 4.78 is 39.6. The van der Waals surface area contributed by atoms with Gasteiger partial charge in [0.15, 0.2) is 0 Å². The van der Waals surface area contributed by atoms with Gasteiger partial charge < -0.3 is 9.47 Å². The molecule has 0 N–H and O–H groups in total. The summed E-state index contributed by atoms with van der Waals surface area (Å²) in [5.41, 5.74) is 0.861. The van der Waals surface area contributed by atoms with E-state index in [-0.39, 0.29) is 6.04 Å². The summed E-state index contributed by atoms with van der Waals surface area (Å²) in [4.78, 5) is 0. The minimum absolute atomic E-state index is 0.217. The molecule has 0 amide bonds. The zero-order valence-electron chi connectivity index (χ0n) is 14.3. The van der Waals surface area contributed by atoms with Crippen molar-refractivity contribution in [2.24, 2.45) is 0 Å². The lowest BCUT2D eigenvalue weighted by Gasteiger charge is -2.30. The molecule has 1 aromatic carbocycles. The van der Waals surface area contributed by atoms with Gasteiger partial charge in [-0.15, -0.1) is 0 Å². The molecule has 1 saturated heterocycles. The first-order chi connectivity index (χ1) is 11.0.